The summed E-state index contributed by atoms with van der Waals surface area (Å²) in [5.74, 6) is 1.69. The fourth-order valence-electron chi connectivity index (χ4n) is 3.56. The molecule has 5 heteroatoms. The van der Waals surface area contributed by atoms with E-state index < -0.39 is 10.8 Å². The molecule has 0 N–H and O–H groups in total. The summed E-state index contributed by atoms with van der Waals surface area (Å²) in [5, 5.41) is 0.871. The van der Waals surface area contributed by atoms with Crippen molar-refractivity contribution in [3.05, 3.63) is 28.8 Å². The van der Waals surface area contributed by atoms with Crippen molar-refractivity contribution in [3.63, 3.8) is 0 Å². The van der Waals surface area contributed by atoms with Crippen LogP contribution in [0.4, 0.5) is 5.69 Å². The van der Waals surface area contributed by atoms with Gasteiger partial charge in [0.1, 0.15) is 0 Å². The lowest BCUT2D eigenvalue weighted by Crippen LogP contribution is -2.37. The fourth-order valence-corrected chi connectivity index (χ4v) is 5.06. The molecule has 22 heavy (non-hydrogen) atoms. The van der Waals surface area contributed by atoms with Gasteiger partial charge < -0.3 is 4.90 Å². The monoisotopic (exact) mass is 340 g/mol. The van der Waals surface area contributed by atoms with Crippen LogP contribution >= 0.6 is 11.6 Å². The molecule has 2 heterocycles. The maximum absolute atomic E-state index is 11.5. The molecule has 3 rings (SSSR count). The summed E-state index contributed by atoms with van der Waals surface area (Å²) >= 11 is 6.51. The van der Waals surface area contributed by atoms with E-state index in [0.717, 1.165) is 49.0 Å². The third kappa shape index (κ3) is 3.66. The van der Waals surface area contributed by atoms with Crippen molar-refractivity contribution in [2.75, 3.05) is 36.5 Å². The minimum Gasteiger partial charge on any atom is -0.371 e. The molecule has 0 amide bonds. The van der Waals surface area contributed by atoms with E-state index in [1.54, 1.807) is 0 Å². The van der Waals surface area contributed by atoms with Crippen molar-refractivity contribution < 1.29 is 4.21 Å². The van der Waals surface area contributed by atoms with Crippen LogP contribution in [0.25, 0.3) is 0 Å². The molecule has 0 unspecified atom stereocenters. The molecule has 0 aliphatic carbocycles. The lowest BCUT2D eigenvalue weighted by molar-refractivity contribution is 0.220. The molecule has 0 bridgehead atoms. The van der Waals surface area contributed by atoms with Crippen molar-refractivity contribution in [3.8, 4) is 0 Å². The summed E-state index contributed by atoms with van der Waals surface area (Å²) in [5.41, 5.74) is 2.55. The van der Waals surface area contributed by atoms with E-state index in [1.807, 2.05) is 6.07 Å². The Hall–Kier alpha value is -0.580. The topological polar surface area (TPSA) is 23.6 Å². The molecule has 2 aliphatic heterocycles. The van der Waals surface area contributed by atoms with Crippen LogP contribution in [0.5, 0.6) is 0 Å². The second-order valence-corrected chi connectivity index (χ2v) is 8.53. The van der Waals surface area contributed by atoms with Crippen LogP contribution in [0.1, 0.15) is 31.2 Å². The van der Waals surface area contributed by atoms with Gasteiger partial charge in [-0.05, 0) is 44.9 Å². The highest BCUT2D eigenvalue weighted by molar-refractivity contribution is 7.85. The van der Waals surface area contributed by atoms with Gasteiger partial charge in [0.15, 0.2) is 0 Å². The number of rotatable bonds is 4. The first-order chi connectivity index (χ1) is 10.6. The smallest absolute Gasteiger partial charge is 0.0471 e. The number of hydrogen-bond acceptors (Lipinski definition) is 3. The Bertz CT molecular complexity index is 535. The highest BCUT2D eigenvalue weighted by Gasteiger charge is 2.24. The summed E-state index contributed by atoms with van der Waals surface area (Å²) in [7, 11) is 1.58. The van der Waals surface area contributed by atoms with E-state index in [4.69, 9.17) is 11.6 Å². The molecule has 122 valence electrons. The van der Waals surface area contributed by atoms with Crippen molar-refractivity contribution in [2.24, 2.45) is 0 Å². The SMILES string of the molecule is CN(Cc1c(Cl)cccc1N1CCCC1)C1CCS(=O)CC1. The van der Waals surface area contributed by atoms with Crippen molar-refractivity contribution >= 4 is 28.1 Å². The number of nitrogens with zero attached hydrogens (tertiary/aromatic N) is 2. The first kappa shape index (κ1) is 16.3. The summed E-state index contributed by atoms with van der Waals surface area (Å²) in [6.45, 7) is 3.15. The van der Waals surface area contributed by atoms with Crippen LogP contribution in [0.15, 0.2) is 18.2 Å². The molecule has 0 radical (unpaired) electrons. The number of halogens is 1. The van der Waals surface area contributed by atoms with E-state index in [0.29, 0.717) is 6.04 Å². The molecule has 1 aromatic rings. The third-order valence-corrected chi connectivity index (χ3v) is 6.67. The molecule has 0 aromatic heterocycles. The van der Waals surface area contributed by atoms with Gasteiger partial charge in [0.2, 0.25) is 0 Å². The van der Waals surface area contributed by atoms with Gasteiger partial charge in [0.05, 0.1) is 0 Å². The zero-order valence-corrected chi connectivity index (χ0v) is 14.8. The Kier molecular flexibility index (Phi) is 5.42. The van der Waals surface area contributed by atoms with Crippen molar-refractivity contribution in [2.45, 2.75) is 38.3 Å². The largest absolute Gasteiger partial charge is 0.371 e. The molecule has 2 saturated heterocycles. The summed E-state index contributed by atoms with van der Waals surface area (Å²) in [4.78, 5) is 4.86. The van der Waals surface area contributed by atoms with Gasteiger partial charge in [-0.3, -0.25) is 9.11 Å². The molecule has 3 nitrogen and oxygen atoms in total. The van der Waals surface area contributed by atoms with E-state index in [9.17, 15) is 4.21 Å². The molecule has 2 fully saturated rings. The zero-order chi connectivity index (χ0) is 15.5. The molecule has 0 atom stereocenters. The maximum Gasteiger partial charge on any atom is 0.0471 e. The zero-order valence-electron chi connectivity index (χ0n) is 13.3. The molecule has 0 spiro atoms. The van der Waals surface area contributed by atoms with E-state index in [2.05, 4.69) is 29.0 Å². The van der Waals surface area contributed by atoms with Crippen molar-refractivity contribution in [1.29, 1.82) is 0 Å². The van der Waals surface area contributed by atoms with Gasteiger partial charge in [-0.2, -0.15) is 0 Å². The lowest BCUT2D eigenvalue weighted by Gasteiger charge is -2.32. The summed E-state index contributed by atoms with van der Waals surface area (Å²) in [6, 6.07) is 6.79. The van der Waals surface area contributed by atoms with Crippen LogP contribution in [0.3, 0.4) is 0 Å². The Morgan fingerprint density at radius 3 is 2.64 bits per heavy atom. The highest BCUT2D eigenvalue weighted by atomic mass is 35.5. The van der Waals surface area contributed by atoms with Crippen LogP contribution in [-0.4, -0.2) is 46.8 Å². The standard InChI is InChI=1S/C17H25ClN2OS/c1-19(14-7-11-22(21)12-8-14)13-15-16(18)5-4-6-17(15)20-9-2-3-10-20/h4-6,14H,2-3,7-13H2,1H3. The quantitative estimate of drug-likeness (QED) is 0.840. The average molecular weight is 341 g/mol. The molecular weight excluding hydrogens is 316 g/mol. The van der Waals surface area contributed by atoms with Gasteiger partial charge in [-0.15, -0.1) is 0 Å². The van der Waals surface area contributed by atoms with Gasteiger partial charge in [-0.1, -0.05) is 17.7 Å². The van der Waals surface area contributed by atoms with Gasteiger partial charge in [-0.25, -0.2) is 0 Å². The maximum atomic E-state index is 11.5. The van der Waals surface area contributed by atoms with Gasteiger partial charge in [0.25, 0.3) is 0 Å². The van der Waals surface area contributed by atoms with E-state index >= 15 is 0 Å². The molecule has 2 aliphatic rings. The lowest BCUT2D eigenvalue weighted by atomic mass is 10.1. The Morgan fingerprint density at radius 1 is 1.27 bits per heavy atom. The normalized spacial score (nSPS) is 25.9. The molecular formula is C17H25ClN2OS. The first-order valence-corrected chi connectivity index (χ1v) is 10.1. The minimum atomic E-state index is -0.596. The molecule has 0 saturated carbocycles. The second kappa shape index (κ2) is 7.33. The van der Waals surface area contributed by atoms with Gasteiger partial charge in [0, 0.05) is 64.3 Å². The average Bonchev–Trinajstić information content (AvgIpc) is 3.04. The van der Waals surface area contributed by atoms with Crippen LogP contribution < -0.4 is 4.90 Å². The van der Waals surface area contributed by atoms with Crippen LogP contribution in [-0.2, 0) is 17.3 Å². The predicted molar refractivity (Wildman–Crippen MR) is 95.3 cm³/mol. The number of benzene rings is 1. The highest BCUT2D eigenvalue weighted by Crippen LogP contribution is 2.32. The van der Waals surface area contributed by atoms with Gasteiger partial charge >= 0.3 is 0 Å². The predicted octanol–water partition coefficient (Wildman–Crippen LogP) is 3.28. The third-order valence-electron chi connectivity index (χ3n) is 4.93. The fraction of sp³-hybridized carbons (Fsp3) is 0.647. The Balaban J connectivity index is 1.74. The van der Waals surface area contributed by atoms with Crippen LogP contribution in [0.2, 0.25) is 5.02 Å². The first-order valence-electron chi connectivity index (χ1n) is 8.22. The Morgan fingerprint density at radius 2 is 1.95 bits per heavy atom. The second-order valence-electron chi connectivity index (χ2n) is 6.43. The Labute approximate surface area is 141 Å². The van der Waals surface area contributed by atoms with Crippen LogP contribution in [0, 0.1) is 0 Å². The van der Waals surface area contributed by atoms with E-state index in [-0.39, 0.29) is 0 Å². The van der Waals surface area contributed by atoms with Crippen molar-refractivity contribution in [1.82, 2.24) is 4.90 Å². The minimum absolute atomic E-state index is 0.528. The number of hydrogen-bond donors (Lipinski definition) is 0. The number of anilines is 1. The van der Waals surface area contributed by atoms with E-state index in [1.165, 1.54) is 24.1 Å². The summed E-state index contributed by atoms with van der Waals surface area (Å²) < 4.78 is 11.5. The molecule has 1 aromatic carbocycles. The summed E-state index contributed by atoms with van der Waals surface area (Å²) in [6.07, 6.45) is 4.62.